The Kier molecular flexibility index (Phi) is 8.01. The zero-order valence-corrected chi connectivity index (χ0v) is 12.3. The molecule has 0 saturated carbocycles. The lowest BCUT2D eigenvalue weighted by atomic mass is 9.86. The highest BCUT2D eigenvalue weighted by molar-refractivity contribution is 4.88. The van der Waals surface area contributed by atoms with E-state index in [2.05, 4.69) is 33.0 Å². The van der Waals surface area contributed by atoms with E-state index in [1.54, 1.807) is 0 Å². The predicted molar refractivity (Wildman–Crippen MR) is 77.1 cm³/mol. The van der Waals surface area contributed by atoms with Crippen LogP contribution in [0.4, 0.5) is 0 Å². The van der Waals surface area contributed by atoms with Crippen molar-refractivity contribution in [3.05, 3.63) is 0 Å². The first kappa shape index (κ1) is 16.9. The molecule has 3 nitrogen and oxygen atoms in total. The van der Waals surface area contributed by atoms with Gasteiger partial charge < -0.3 is 16.8 Å². The van der Waals surface area contributed by atoms with Gasteiger partial charge in [0.1, 0.15) is 0 Å². The van der Waals surface area contributed by atoms with E-state index in [1.165, 1.54) is 0 Å². The second-order valence-electron chi connectivity index (χ2n) is 5.27. The van der Waals surface area contributed by atoms with Crippen molar-refractivity contribution in [2.24, 2.45) is 11.5 Å². The monoisotopic (exact) mass is 243 g/mol. The van der Waals surface area contributed by atoms with Crippen LogP contribution in [-0.2, 0) is 0 Å². The third kappa shape index (κ3) is 5.36. The average molecular weight is 243 g/mol. The van der Waals surface area contributed by atoms with Gasteiger partial charge in [-0.1, -0.05) is 27.7 Å². The lowest BCUT2D eigenvalue weighted by Crippen LogP contribution is -2.49. The van der Waals surface area contributed by atoms with Crippen LogP contribution in [0.15, 0.2) is 0 Å². The molecule has 0 unspecified atom stereocenters. The van der Waals surface area contributed by atoms with E-state index in [4.69, 9.17) is 11.5 Å². The van der Waals surface area contributed by atoms with E-state index in [0.29, 0.717) is 0 Å². The molecule has 0 amide bonds. The SMILES string of the molecule is CCC(N)(CC)CCNC(CC)(CC)CCN. The van der Waals surface area contributed by atoms with Gasteiger partial charge in [0.25, 0.3) is 0 Å². The van der Waals surface area contributed by atoms with E-state index in [1.807, 2.05) is 0 Å². The maximum Gasteiger partial charge on any atom is 0.0188 e. The predicted octanol–water partition coefficient (Wildman–Crippen LogP) is 2.39. The highest BCUT2D eigenvalue weighted by Gasteiger charge is 2.26. The van der Waals surface area contributed by atoms with Gasteiger partial charge in [-0.2, -0.15) is 0 Å². The maximum atomic E-state index is 6.32. The van der Waals surface area contributed by atoms with Crippen molar-refractivity contribution in [2.75, 3.05) is 13.1 Å². The molecule has 0 fully saturated rings. The lowest BCUT2D eigenvalue weighted by molar-refractivity contribution is 0.261. The maximum absolute atomic E-state index is 6.32. The number of nitrogens with two attached hydrogens (primary N) is 2. The summed E-state index contributed by atoms with van der Waals surface area (Å²) in [6.45, 7) is 10.6. The normalized spacial score (nSPS) is 13.1. The molecule has 104 valence electrons. The minimum absolute atomic E-state index is 0.00291. The summed E-state index contributed by atoms with van der Waals surface area (Å²) in [5, 5.41) is 3.70. The summed E-state index contributed by atoms with van der Waals surface area (Å²) in [4.78, 5) is 0. The van der Waals surface area contributed by atoms with Crippen LogP contribution >= 0.6 is 0 Å². The third-order valence-electron chi connectivity index (χ3n) is 4.51. The second-order valence-corrected chi connectivity index (χ2v) is 5.27. The molecule has 17 heavy (non-hydrogen) atoms. The molecule has 0 bridgehead atoms. The fourth-order valence-electron chi connectivity index (χ4n) is 2.40. The molecule has 0 heterocycles. The van der Waals surface area contributed by atoms with Gasteiger partial charge >= 0.3 is 0 Å². The van der Waals surface area contributed by atoms with Gasteiger partial charge in [0, 0.05) is 11.1 Å². The Morgan fingerprint density at radius 3 is 1.76 bits per heavy atom. The topological polar surface area (TPSA) is 64.1 Å². The van der Waals surface area contributed by atoms with Crippen LogP contribution in [0.2, 0.25) is 0 Å². The van der Waals surface area contributed by atoms with Crippen LogP contribution in [0.1, 0.15) is 66.2 Å². The minimum atomic E-state index is 0.00291. The van der Waals surface area contributed by atoms with Gasteiger partial charge in [0.05, 0.1) is 0 Å². The zero-order valence-electron chi connectivity index (χ0n) is 12.3. The molecule has 0 aromatic rings. The zero-order chi connectivity index (χ0) is 13.4. The van der Waals surface area contributed by atoms with Crippen molar-refractivity contribution in [1.29, 1.82) is 0 Å². The van der Waals surface area contributed by atoms with Crippen LogP contribution in [0, 0.1) is 0 Å². The Morgan fingerprint density at radius 1 is 0.882 bits per heavy atom. The van der Waals surface area contributed by atoms with E-state index >= 15 is 0 Å². The Bertz CT molecular complexity index is 184. The first-order valence-electron chi connectivity index (χ1n) is 7.25. The van der Waals surface area contributed by atoms with Crippen LogP contribution in [0.3, 0.4) is 0 Å². The quantitative estimate of drug-likeness (QED) is 0.552. The first-order chi connectivity index (χ1) is 8.01. The summed E-state index contributed by atoms with van der Waals surface area (Å²) in [6.07, 6.45) is 6.47. The average Bonchev–Trinajstić information content (AvgIpc) is 2.37. The summed E-state index contributed by atoms with van der Waals surface area (Å²) < 4.78 is 0. The Labute approximate surface area is 108 Å². The number of rotatable bonds is 10. The summed E-state index contributed by atoms with van der Waals surface area (Å²) in [6, 6.07) is 0. The summed E-state index contributed by atoms with van der Waals surface area (Å²) in [7, 11) is 0. The molecular weight excluding hydrogens is 210 g/mol. The highest BCUT2D eigenvalue weighted by Crippen LogP contribution is 2.21. The van der Waals surface area contributed by atoms with Gasteiger partial charge in [0.15, 0.2) is 0 Å². The van der Waals surface area contributed by atoms with Crippen LogP contribution in [0.5, 0.6) is 0 Å². The van der Waals surface area contributed by atoms with Crippen molar-refractivity contribution in [2.45, 2.75) is 77.3 Å². The van der Waals surface area contributed by atoms with Crippen molar-refractivity contribution >= 4 is 0 Å². The van der Waals surface area contributed by atoms with Crippen molar-refractivity contribution in [1.82, 2.24) is 5.32 Å². The smallest absolute Gasteiger partial charge is 0.0188 e. The highest BCUT2D eigenvalue weighted by atomic mass is 15.0. The lowest BCUT2D eigenvalue weighted by Gasteiger charge is -2.35. The second kappa shape index (κ2) is 8.06. The van der Waals surface area contributed by atoms with Crippen LogP contribution in [-0.4, -0.2) is 24.2 Å². The van der Waals surface area contributed by atoms with Gasteiger partial charge in [0.2, 0.25) is 0 Å². The molecule has 0 aliphatic rings. The van der Waals surface area contributed by atoms with E-state index in [0.717, 1.165) is 51.6 Å². The molecule has 0 aliphatic heterocycles. The molecule has 0 aromatic carbocycles. The van der Waals surface area contributed by atoms with Gasteiger partial charge in [-0.3, -0.25) is 0 Å². The molecular formula is C14H33N3. The molecule has 0 rings (SSSR count). The standard InChI is InChI=1S/C14H33N3/c1-5-13(16,6-2)10-12-17-14(7-3,8-4)9-11-15/h17H,5-12,15-16H2,1-4H3. The Hall–Kier alpha value is -0.120. The molecule has 0 atom stereocenters. The molecule has 0 saturated heterocycles. The summed E-state index contributed by atoms with van der Waals surface area (Å²) in [5.41, 5.74) is 12.3. The number of hydrogen-bond acceptors (Lipinski definition) is 3. The fourth-order valence-corrected chi connectivity index (χ4v) is 2.40. The van der Waals surface area contributed by atoms with Gasteiger partial charge in [-0.15, -0.1) is 0 Å². The fraction of sp³-hybridized carbons (Fsp3) is 1.00. The molecule has 0 radical (unpaired) electrons. The van der Waals surface area contributed by atoms with E-state index in [9.17, 15) is 0 Å². The van der Waals surface area contributed by atoms with E-state index in [-0.39, 0.29) is 11.1 Å². The van der Waals surface area contributed by atoms with Crippen molar-refractivity contribution in [3.8, 4) is 0 Å². The van der Waals surface area contributed by atoms with Crippen LogP contribution in [0.25, 0.3) is 0 Å². The molecule has 0 aliphatic carbocycles. The molecule has 0 aromatic heterocycles. The molecule has 3 heteroatoms. The third-order valence-corrected chi connectivity index (χ3v) is 4.51. The van der Waals surface area contributed by atoms with E-state index < -0.39 is 0 Å². The Balaban J connectivity index is 4.22. The van der Waals surface area contributed by atoms with Crippen LogP contribution < -0.4 is 16.8 Å². The van der Waals surface area contributed by atoms with Gasteiger partial charge in [-0.25, -0.2) is 0 Å². The summed E-state index contributed by atoms with van der Waals surface area (Å²) >= 11 is 0. The number of nitrogens with one attached hydrogen (secondary N) is 1. The van der Waals surface area contributed by atoms with Crippen molar-refractivity contribution < 1.29 is 0 Å². The summed E-state index contributed by atoms with van der Waals surface area (Å²) in [5.74, 6) is 0. The molecule has 0 spiro atoms. The van der Waals surface area contributed by atoms with Gasteiger partial charge in [-0.05, 0) is 51.6 Å². The van der Waals surface area contributed by atoms with Crippen molar-refractivity contribution in [3.63, 3.8) is 0 Å². The largest absolute Gasteiger partial charge is 0.330 e. The Morgan fingerprint density at radius 2 is 1.41 bits per heavy atom. The minimum Gasteiger partial charge on any atom is -0.330 e. The first-order valence-corrected chi connectivity index (χ1v) is 7.25. The number of hydrogen-bond donors (Lipinski definition) is 3. The molecule has 5 N–H and O–H groups in total.